The number of hydrogen-bond donors (Lipinski definition) is 4. The molecule has 5 nitrogen and oxygen atoms in total. The first-order chi connectivity index (χ1) is 7.58. The Hall–Kier alpha value is -1.30. The molecule has 88 valence electrons. The lowest BCUT2D eigenvalue weighted by Gasteiger charge is -2.16. The summed E-state index contributed by atoms with van der Waals surface area (Å²) in [5.41, 5.74) is 0.555. The molecule has 6 heteroatoms. The molecule has 0 unspecified atom stereocenters. The smallest absolute Gasteiger partial charge is 0.335 e. The maximum Gasteiger partial charge on any atom is 0.335 e. The molecule has 0 radical (unpaired) electrons. The number of benzene rings is 1. The Morgan fingerprint density at radius 1 is 1.38 bits per heavy atom. The highest BCUT2D eigenvalue weighted by Crippen LogP contribution is 2.23. The Morgan fingerprint density at radius 3 is 2.44 bits per heavy atom. The quantitative estimate of drug-likeness (QED) is 0.616. The molecule has 0 heterocycles. The number of anilines is 1. The molecule has 1 aromatic rings. The summed E-state index contributed by atoms with van der Waals surface area (Å²) >= 11 is 5.84. The van der Waals surface area contributed by atoms with Crippen molar-refractivity contribution in [1.82, 2.24) is 0 Å². The molecular formula is C10H12ClNO4. The second kappa shape index (κ2) is 5.69. The first kappa shape index (κ1) is 12.8. The average Bonchev–Trinajstić information content (AvgIpc) is 2.27. The van der Waals surface area contributed by atoms with Crippen molar-refractivity contribution in [1.29, 1.82) is 0 Å². The van der Waals surface area contributed by atoms with Crippen molar-refractivity contribution in [2.24, 2.45) is 0 Å². The van der Waals surface area contributed by atoms with Crippen LogP contribution in [0.2, 0.25) is 5.02 Å². The van der Waals surface area contributed by atoms with Crippen molar-refractivity contribution in [3.63, 3.8) is 0 Å². The van der Waals surface area contributed by atoms with E-state index in [4.69, 9.17) is 26.9 Å². The normalized spacial score (nSPS) is 10.5. The summed E-state index contributed by atoms with van der Waals surface area (Å²) in [4.78, 5) is 10.6. The minimum Gasteiger partial charge on any atom is -0.478 e. The van der Waals surface area contributed by atoms with Crippen LogP contribution in [0.3, 0.4) is 0 Å². The largest absolute Gasteiger partial charge is 0.478 e. The van der Waals surface area contributed by atoms with Crippen molar-refractivity contribution in [2.75, 3.05) is 18.5 Å². The van der Waals surface area contributed by atoms with Crippen LogP contribution in [0.5, 0.6) is 0 Å². The number of nitrogens with one attached hydrogen (secondary N) is 1. The number of carboxylic acid groups (broad SMARTS) is 1. The standard InChI is InChI=1S/C10H12ClNO4/c11-8-3-6(10(15)16)1-2-9(8)12-7(4-13)5-14/h1-3,7,12-14H,4-5H2,(H,15,16). The average molecular weight is 246 g/mol. The van der Waals surface area contributed by atoms with Gasteiger partial charge in [-0.2, -0.15) is 0 Å². The van der Waals surface area contributed by atoms with Gasteiger partial charge in [0.25, 0.3) is 0 Å². The molecule has 0 spiro atoms. The Kier molecular flexibility index (Phi) is 4.54. The lowest BCUT2D eigenvalue weighted by Crippen LogP contribution is -2.27. The van der Waals surface area contributed by atoms with Gasteiger partial charge >= 0.3 is 5.97 Å². The van der Waals surface area contributed by atoms with Crippen LogP contribution in [-0.4, -0.2) is 40.5 Å². The van der Waals surface area contributed by atoms with Crippen molar-refractivity contribution < 1.29 is 20.1 Å². The maximum absolute atomic E-state index is 10.6. The van der Waals surface area contributed by atoms with Crippen LogP contribution >= 0.6 is 11.6 Å². The molecule has 0 saturated heterocycles. The van der Waals surface area contributed by atoms with Gasteiger partial charge in [0.2, 0.25) is 0 Å². The summed E-state index contributed by atoms with van der Waals surface area (Å²) in [5.74, 6) is -1.06. The Labute approximate surface area is 97.3 Å². The lowest BCUT2D eigenvalue weighted by atomic mass is 10.2. The topological polar surface area (TPSA) is 89.8 Å². The molecular weight excluding hydrogens is 234 g/mol. The monoisotopic (exact) mass is 245 g/mol. The Balaban J connectivity index is 2.86. The molecule has 0 bridgehead atoms. The zero-order chi connectivity index (χ0) is 12.1. The van der Waals surface area contributed by atoms with E-state index >= 15 is 0 Å². The summed E-state index contributed by atoms with van der Waals surface area (Å²) < 4.78 is 0. The summed E-state index contributed by atoms with van der Waals surface area (Å²) in [5, 5.41) is 29.5. The van der Waals surface area contributed by atoms with E-state index in [9.17, 15) is 4.79 Å². The summed E-state index contributed by atoms with van der Waals surface area (Å²) in [7, 11) is 0. The van der Waals surface area contributed by atoms with E-state index in [0.29, 0.717) is 5.69 Å². The van der Waals surface area contributed by atoms with Crippen LogP contribution in [0.4, 0.5) is 5.69 Å². The molecule has 0 aromatic heterocycles. The fourth-order valence-corrected chi connectivity index (χ4v) is 1.37. The van der Waals surface area contributed by atoms with E-state index in [-0.39, 0.29) is 23.8 Å². The van der Waals surface area contributed by atoms with Gasteiger partial charge in [-0.05, 0) is 18.2 Å². The molecule has 0 saturated carbocycles. The van der Waals surface area contributed by atoms with E-state index in [1.807, 2.05) is 0 Å². The molecule has 1 rings (SSSR count). The molecule has 1 aromatic carbocycles. The third-order valence-electron chi connectivity index (χ3n) is 2.02. The van der Waals surface area contributed by atoms with E-state index in [1.54, 1.807) is 0 Å². The molecule has 16 heavy (non-hydrogen) atoms. The number of carboxylic acids is 1. The minimum absolute atomic E-state index is 0.0834. The molecule has 0 fully saturated rings. The number of halogens is 1. The maximum atomic E-state index is 10.6. The number of rotatable bonds is 5. The highest BCUT2D eigenvalue weighted by atomic mass is 35.5. The predicted octanol–water partition coefficient (Wildman–Crippen LogP) is 0.803. The van der Waals surface area contributed by atoms with Gasteiger partial charge in [0.15, 0.2) is 0 Å². The molecule has 0 aliphatic carbocycles. The van der Waals surface area contributed by atoms with Gasteiger partial charge in [-0.3, -0.25) is 0 Å². The van der Waals surface area contributed by atoms with Gasteiger partial charge in [-0.15, -0.1) is 0 Å². The third-order valence-corrected chi connectivity index (χ3v) is 2.33. The Morgan fingerprint density at radius 2 is 2.00 bits per heavy atom. The van der Waals surface area contributed by atoms with E-state index in [0.717, 1.165) is 0 Å². The van der Waals surface area contributed by atoms with Crippen LogP contribution in [-0.2, 0) is 0 Å². The number of aliphatic hydroxyl groups is 2. The van der Waals surface area contributed by atoms with Gasteiger partial charge in [0.05, 0.1) is 35.5 Å². The third kappa shape index (κ3) is 3.10. The highest BCUT2D eigenvalue weighted by molar-refractivity contribution is 6.33. The van der Waals surface area contributed by atoms with Crippen molar-refractivity contribution in [2.45, 2.75) is 6.04 Å². The van der Waals surface area contributed by atoms with E-state index in [1.165, 1.54) is 18.2 Å². The fraction of sp³-hybridized carbons (Fsp3) is 0.300. The van der Waals surface area contributed by atoms with Crippen LogP contribution in [0.1, 0.15) is 10.4 Å². The van der Waals surface area contributed by atoms with Gasteiger partial charge in [0.1, 0.15) is 0 Å². The lowest BCUT2D eigenvalue weighted by molar-refractivity contribution is 0.0697. The number of hydrogen-bond acceptors (Lipinski definition) is 4. The minimum atomic E-state index is -1.06. The summed E-state index contributed by atoms with van der Waals surface area (Å²) in [6.45, 7) is -0.485. The van der Waals surface area contributed by atoms with Crippen LogP contribution in [0.15, 0.2) is 18.2 Å². The first-order valence-electron chi connectivity index (χ1n) is 4.59. The number of carbonyl (C=O) groups is 1. The van der Waals surface area contributed by atoms with Crippen LogP contribution in [0, 0.1) is 0 Å². The van der Waals surface area contributed by atoms with Gasteiger partial charge in [0, 0.05) is 0 Å². The molecule has 0 amide bonds. The Bertz CT molecular complexity index is 379. The second-order valence-corrected chi connectivity index (χ2v) is 3.61. The second-order valence-electron chi connectivity index (χ2n) is 3.21. The van der Waals surface area contributed by atoms with Crippen LogP contribution < -0.4 is 5.32 Å². The van der Waals surface area contributed by atoms with Crippen LogP contribution in [0.25, 0.3) is 0 Å². The number of aromatic carboxylic acids is 1. The van der Waals surface area contributed by atoms with Crippen molar-refractivity contribution >= 4 is 23.3 Å². The van der Waals surface area contributed by atoms with E-state index < -0.39 is 12.0 Å². The SMILES string of the molecule is O=C(O)c1ccc(NC(CO)CO)c(Cl)c1. The highest BCUT2D eigenvalue weighted by Gasteiger charge is 2.10. The zero-order valence-corrected chi connectivity index (χ0v) is 9.11. The summed E-state index contributed by atoms with van der Waals surface area (Å²) in [6, 6.07) is 3.66. The van der Waals surface area contributed by atoms with Gasteiger partial charge in [-0.25, -0.2) is 4.79 Å². The van der Waals surface area contributed by atoms with Gasteiger partial charge in [-0.1, -0.05) is 11.6 Å². The van der Waals surface area contributed by atoms with Gasteiger partial charge < -0.3 is 20.6 Å². The van der Waals surface area contributed by atoms with Crippen molar-refractivity contribution in [3.05, 3.63) is 28.8 Å². The molecule has 4 N–H and O–H groups in total. The predicted molar refractivity (Wildman–Crippen MR) is 60.0 cm³/mol. The number of aliphatic hydroxyl groups excluding tert-OH is 2. The molecule has 0 aliphatic heterocycles. The first-order valence-corrected chi connectivity index (χ1v) is 4.97. The zero-order valence-electron chi connectivity index (χ0n) is 8.35. The summed E-state index contributed by atoms with van der Waals surface area (Å²) in [6.07, 6.45) is 0. The van der Waals surface area contributed by atoms with Crippen molar-refractivity contribution in [3.8, 4) is 0 Å². The molecule has 0 atom stereocenters. The van der Waals surface area contributed by atoms with E-state index in [2.05, 4.69) is 5.32 Å². The fourth-order valence-electron chi connectivity index (χ4n) is 1.13. The molecule has 0 aliphatic rings.